The Morgan fingerprint density at radius 2 is 2.21 bits per heavy atom. The third-order valence-electron chi connectivity index (χ3n) is 5.19. The van der Waals surface area contributed by atoms with Crippen molar-refractivity contribution in [3.63, 3.8) is 0 Å². The number of nitrogens with one attached hydrogen (secondary N) is 2. The summed E-state index contributed by atoms with van der Waals surface area (Å²) in [6.45, 7) is 3.81. The van der Waals surface area contributed by atoms with Gasteiger partial charge in [0.05, 0.1) is 0 Å². The molecule has 4 aromatic rings. The molecule has 5 rings (SSSR count). The number of H-pyrrole nitrogens is 1. The van der Waals surface area contributed by atoms with Gasteiger partial charge in [0.1, 0.15) is 24.0 Å². The van der Waals surface area contributed by atoms with E-state index in [1.54, 1.807) is 12.1 Å². The van der Waals surface area contributed by atoms with Gasteiger partial charge in [-0.1, -0.05) is 0 Å². The summed E-state index contributed by atoms with van der Waals surface area (Å²) in [5, 5.41) is 4.38. The van der Waals surface area contributed by atoms with Gasteiger partial charge in [-0.05, 0) is 55.3 Å². The van der Waals surface area contributed by atoms with Crippen LogP contribution in [0.3, 0.4) is 0 Å². The van der Waals surface area contributed by atoms with E-state index in [1.165, 1.54) is 6.07 Å². The Morgan fingerprint density at radius 3 is 3.14 bits per heavy atom. The number of aryl methyl sites for hydroxylation is 2. The van der Waals surface area contributed by atoms with Crippen molar-refractivity contribution in [1.82, 2.24) is 15.3 Å². The molecule has 1 aliphatic heterocycles. The first-order chi connectivity index (χ1) is 14.2. The number of aromatic amines is 1. The minimum atomic E-state index is -0.206. The molecule has 0 spiro atoms. The van der Waals surface area contributed by atoms with Crippen molar-refractivity contribution in [1.29, 1.82) is 0 Å². The van der Waals surface area contributed by atoms with Gasteiger partial charge in [-0.2, -0.15) is 0 Å². The molecular formula is C22H22FN3O3. The van der Waals surface area contributed by atoms with E-state index in [1.807, 2.05) is 25.3 Å². The molecule has 2 aromatic carbocycles. The highest BCUT2D eigenvalue weighted by Crippen LogP contribution is 2.39. The van der Waals surface area contributed by atoms with E-state index in [9.17, 15) is 4.39 Å². The lowest BCUT2D eigenvalue weighted by atomic mass is 10.1. The number of benzene rings is 2. The molecule has 0 aliphatic carbocycles. The highest BCUT2D eigenvalue weighted by molar-refractivity contribution is 5.83. The lowest BCUT2D eigenvalue weighted by Crippen LogP contribution is -2.38. The first kappa shape index (κ1) is 18.0. The van der Waals surface area contributed by atoms with Crippen LogP contribution in [0.5, 0.6) is 11.5 Å². The zero-order valence-corrected chi connectivity index (χ0v) is 16.1. The summed E-state index contributed by atoms with van der Waals surface area (Å²) in [5.41, 5.74) is 3.51. The SMILES string of the molecule is Cc1nc2ccc3c(c2o1)OC(CNCCCc1c[nH]c2ccc(F)cc12)CO3. The maximum Gasteiger partial charge on any atom is 0.207 e. The first-order valence-corrected chi connectivity index (χ1v) is 9.83. The summed E-state index contributed by atoms with van der Waals surface area (Å²) in [6, 6.07) is 8.59. The smallest absolute Gasteiger partial charge is 0.207 e. The van der Waals surface area contributed by atoms with E-state index in [4.69, 9.17) is 13.9 Å². The van der Waals surface area contributed by atoms with Gasteiger partial charge in [-0.3, -0.25) is 0 Å². The Morgan fingerprint density at radius 1 is 1.28 bits per heavy atom. The fraction of sp³-hybridized carbons (Fsp3) is 0.318. The van der Waals surface area contributed by atoms with E-state index in [0.29, 0.717) is 36.1 Å². The fourth-order valence-corrected chi connectivity index (χ4v) is 3.79. The number of halogens is 1. The number of ether oxygens (including phenoxy) is 2. The van der Waals surface area contributed by atoms with Crippen LogP contribution in [-0.4, -0.2) is 35.8 Å². The predicted octanol–water partition coefficient (Wildman–Crippen LogP) is 4.12. The van der Waals surface area contributed by atoms with E-state index < -0.39 is 0 Å². The molecular weight excluding hydrogens is 373 g/mol. The maximum atomic E-state index is 13.5. The second-order valence-corrected chi connectivity index (χ2v) is 7.34. The molecule has 0 saturated heterocycles. The molecule has 2 aromatic heterocycles. The molecule has 7 heteroatoms. The van der Waals surface area contributed by atoms with Crippen LogP contribution in [0.4, 0.5) is 4.39 Å². The minimum Gasteiger partial charge on any atom is -0.486 e. The standard InChI is InChI=1S/C22H22FN3O3/c1-13-26-19-6-7-20-22(21(19)28-13)29-16(12-27-20)11-24-8-2-3-14-10-25-18-5-4-15(23)9-17(14)18/h4-7,9-10,16,24-25H,2-3,8,11-12H2,1H3. The minimum absolute atomic E-state index is 0.0966. The Hall–Kier alpha value is -3.06. The zero-order chi connectivity index (χ0) is 19.8. The monoisotopic (exact) mass is 395 g/mol. The van der Waals surface area contributed by atoms with Gasteiger partial charge in [-0.25, -0.2) is 9.37 Å². The number of nitrogens with zero attached hydrogens (tertiary/aromatic N) is 1. The van der Waals surface area contributed by atoms with Gasteiger partial charge in [0, 0.05) is 30.6 Å². The van der Waals surface area contributed by atoms with Gasteiger partial charge < -0.3 is 24.2 Å². The summed E-state index contributed by atoms with van der Waals surface area (Å²) in [5.74, 6) is 1.72. The second-order valence-electron chi connectivity index (χ2n) is 7.34. The van der Waals surface area contributed by atoms with Crippen molar-refractivity contribution in [2.24, 2.45) is 0 Å². The Kier molecular flexibility index (Phi) is 4.60. The molecule has 2 N–H and O–H groups in total. The maximum absolute atomic E-state index is 13.5. The van der Waals surface area contributed by atoms with Crippen LogP contribution < -0.4 is 14.8 Å². The molecule has 1 unspecified atom stereocenters. The van der Waals surface area contributed by atoms with Crippen molar-refractivity contribution in [3.05, 3.63) is 53.8 Å². The highest BCUT2D eigenvalue weighted by Gasteiger charge is 2.25. The summed E-state index contributed by atoms with van der Waals surface area (Å²) < 4.78 is 31.1. The van der Waals surface area contributed by atoms with Crippen LogP contribution in [0, 0.1) is 12.7 Å². The average Bonchev–Trinajstić information content (AvgIpc) is 3.30. The summed E-state index contributed by atoms with van der Waals surface area (Å²) in [6.07, 6.45) is 3.68. The zero-order valence-electron chi connectivity index (χ0n) is 16.1. The third kappa shape index (κ3) is 3.53. The summed E-state index contributed by atoms with van der Waals surface area (Å²) in [7, 11) is 0. The van der Waals surface area contributed by atoms with Crippen LogP contribution in [-0.2, 0) is 6.42 Å². The van der Waals surface area contributed by atoms with E-state index in [0.717, 1.165) is 41.4 Å². The van der Waals surface area contributed by atoms with E-state index in [-0.39, 0.29) is 11.9 Å². The van der Waals surface area contributed by atoms with Crippen molar-refractivity contribution >= 4 is 22.0 Å². The van der Waals surface area contributed by atoms with E-state index in [2.05, 4.69) is 15.3 Å². The van der Waals surface area contributed by atoms with Crippen molar-refractivity contribution in [2.45, 2.75) is 25.9 Å². The largest absolute Gasteiger partial charge is 0.486 e. The molecule has 150 valence electrons. The quantitative estimate of drug-likeness (QED) is 0.481. The molecule has 3 heterocycles. The van der Waals surface area contributed by atoms with Gasteiger partial charge in [0.2, 0.25) is 11.3 Å². The van der Waals surface area contributed by atoms with Crippen molar-refractivity contribution in [3.8, 4) is 11.5 Å². The van der Waals surface area contributed by atoms with Crippen LogP contribution in [0.25, 0.3) is 22.0 Å². The second kappa shape index (κ2) is 7.40. The van der Waals surface area contributed by atoms with E-state index >= 15 is 0 Å². The number of hydrogen-bond donors (Lipinski definition) is 2. The molecule has 0 saturated carbocycles. The third-order valence-corrected chi connectivity index (χ3v) is 5.19. The van der Waals surface area contributed by atoms with Crippen LogP contribution in [0.2, 0.25) is 0 Å². The first-order valence-electron chi connectivity index (χ1n) is 9.83. The van der Waals surface area contributed by atoms with Gasteiger partial charge in [-0.15, -0.1) is 0 Å². The normalized spacial score (nSPS) is 16.0. The molecule has 0 amide bonds. The average molecular weight is 395 g/mol. The number of aromatic nitrogens is 2. The number of rotatable bonds is 6. The van der Waals surface area contributed by atoms with Crippen LogP contribution in [0.15, 0.2) is 40.9 Å². The van der Waals surface area contributed by atoms with Gasteiger partial charge in [0.25, 0.3) is 0 Å². The predicted molar refractivity (Wildman–Crippen MR) is 108 cm³/mol. The van der Waals surface area contributed by atoms with Crippen molar-refractivity contribution in [2.75, 3.05) is 19.7 Å². The van der Waals surface area contributed by atoms with Crippen molar-refractivity contribution < 1.29 is 18.3 Å². The number of oxazole rings is 1. The topological polar surface area (TPSA) is 72.3 Å². The van der Waals surface area contributed by atoms with Gasteiger partial charge >= 0.3 is 0 Å². The van der Waals surface area contributed by atoms with Crippen LogP contribution >= 0.6 is 0 Å². The number of fused-ring (bicyclic) bond motifs is 4. The highest BCUT2D eigenvalue weighted by atomic mass is 19.1. The Labute approximate surface area is 167 Å². The Balaban J connectivity index is 1.15. The molecule has 0 fully saturated rings. The lowest BCUT2D eigenvalue weighted by molar-refractivity contribution is 0.0911. The van der Waals surface area contributed by atoms with Gasteiger partial charge in [0.15, 0.2) is 11.6 Å². The molecule has 6 nitrogen and oxygen atoms in total. The molecule has 1 aliphatic rings. The van der Waals surface area contributed by atoms with Crippen LogP contribution in [0.1, 0.15) is 17.9 Å². The molecule has 0 bridgehead atoms. The molecule has 1 atom stereocenters. The molecule has 0 radical (unpaired) electrons. The summed E-state index contributed by atoms with van der Waals surface area (Å²) >= 11 is 0. The lowest BCUT2D eigenvalue weighted by Gasteiger charge is -2.26. The fourth-order valence-electron chi connectivity index (χ4n) is 3.79. The summed E-state index contributed by atoms with van der Waals surface area (Å²) in [4.78, 5) is 7.54. The Bertz CT molecular complexity index is 1170. The molecule has 29 heavy (non-hydrogen) atoms. The number of hydrogen-bond acceptors (Lipinski definition) is 5.